The Balaban J connectivity index is 2.17. The van der Waals surface area contributed by atoms with Crippen LogP contribution in [-0.2, 0) is 9.59 Å². The molecule has 7 heteroatoms. The van der Waals surface area contributed by atoms with Gasteiger partial charge >= 0.3 is 0 Å². The van der Waals surface area contributed by atoms with E-state index in [0.717, 1.165) is 6.42 Å². The SMILES string of the molecule is CCCC(=O)Nc1nc(-c2ccc(NC(C)=O)cc2F)cs1. The van der Waals surface area contributed by atoms with E-state index in [-0.39, 0.29) is 11.8 Å². The summed E-state index contributed by atoms with van der Waals surface area (Å²) in [6, 6.07) is 4.40. The molecule has 1 aromatic heterocycles. The molecule has 2 aromatic rings. The van der Waals surface area contributed by atoms with Crippen molar-refractivity contribution < 1.29 is 14.0 Å². The summed E-state index contributed by atoms with van der Waals surface area (Å²) >= 11 is 1.24. The number of hydrogen-bond donors (Lipinski definition) is 2. The summed E-state index contributed by atoms with van der Waals surface area (Å²) in [6.45, 7) is 3.27. The van der Waals surface area contributed by atoms with Crippen molar-refractivity contribution in [2.24, 2.45) is 0 Å². The third-order valence-corrected chi connectivity index (χ3v) is 3.55. The Kier molecular flexibility index (Phi) is 5.21. The third kappa shape index (κ3) is 4.11. The molecule has 0 bridgehead atoms. The Morgan fingerprint density at radius 3 is 2.73 bits per heavy atom. The molecule has 0 aliphatic carbocycles. The van der Waals surface area contributed by atoms with Gasteiger partial charge < -0.3 is 10.6 Å². The molecular weight excluding hydrogens is 305 g/mol. The van der Waals surface area contributed by atoms with Crippen molar-refractivity contribution in [3.05, 3.63) is 29.4 Å². The highest BCUT2D eigenvalue weighted by Crippen LogP contribution is 2.28. The van der Waals surface area contributed by atoms with E-state index in [4.69, 9.17) is 0 Å². The van der Waals surface area contributed by atoms with Gasteiger partial charge in [-0.2, -0.15) is 0 Å². The Bertz CT molecular complexity index is 700. The van der Waals surface area contributed by atoms with Crippen LogP contribution in [0.15, 0.2) is 23.6 Å². The third-order valence-electron chi connectivity index (χ3n) is 2.79. The summed E-state index contributed by atoms with van der Waals surface area (Å²) in [5.74, 6) is -0.852. The molecule has 0 unspecified atom stereocenters. The van der Waals surface area contributed by atoms with E-state index in [1.54, 1.807) is 17.5 Å². The fourth-order valence-corrected chi connectivity index (χ4v) is 2.59. The molecular formula is C15H16FN3O2S. The first-order valence-electron chi connectivity index (χ1n) is 6.82. The lowest BCUT2D eigenvalue weighted by Gasteiger charge is -2.05. The van der Waals surface area contributed by atoms with Gasteiger partial charge in [-0.1, -0.05) is 6.92 Å². The van der Waals surface area contributed by atoms with Crippen LogP contribution >= 0.6 is 11.3 Å². The lowest BCUT2D eigenvalue weighted by Crippen LogP contribution is -2.10. The van der Waals surface area contributed by atoms with Gasteiger partial charge in [-0.05, 0) is 24.6 Å². The minimum atomic E-state index is -0.483. The Morgan fingerprint density at radius 2 is 2.09 bits per heavy atom. The number of halogens is 1. The van der Waals surface area contributed by atoms with Crippen molar-refractivity contribution in [3.63, 3.8) is 0 Å². The van der Waals surface area contributed by atoms with Crippen LogP contribution in [0.5, 0.6) is 0 Å². The van der Waals surface area contributed by atoms with E-state index in [1.165, 1.54) is 24.3 Å². The zero-order chi connectivity index (χ0) is 16.1. The van der Waals surface area contributed by atoms with E-state index in [2.05, 4.69) is 15.6 Å². The number of carbonyl (C=O) groups excluding carboxylic acids is 2. The van der Waals surface area contributed by atoms with Gasteiger partial charge in [0.1, 0.15) is 5.82 Å². The summed E-state index contributed by atoms with van der Waals surface area (Å²) in [7, 11) is 0. The Labute approximate surface area is 131 Å². The normalized spacial score (nSPS) is 10.3. The number of hydrogen-bond acceptors (Lipinski definition) is 4. The second kappa shape index (κ2) is 7.13. The van der Waals surface area contributed by atoms with Crippen molar-refractivity contribution in [3.8, 4) is 11.3 Å². The molecule has 1 aromatic carbocycles. The highest BCUT2D eigenvalue weighted by molar-refractivity contribution is 7.14. The maximum atomic E-state index is 14.1. The van der Waals surface area contributed by atoms with E-state index in [0.29, 0.717) is 28.5 Å². The number of anilines is 2. The molecule has 0 aliphatic heterocycles. The van der Waals surface area contributed by atoms with Crippen LogP contribution in [0.1, 0.15) is 26.7 Å². The van der Waals surface area contributed by atoms with E-state index >= 15 is 0 Å². The number of amides is 2. The van der Waals surface area contributed by atoms with Gasteiger partial charge in [-0.3, -0.25) is 9.59 Å². The summed E-state index contributed by atoms with van der Waals surface area (Å²) < 4.78 is 14.1. The second-order valence-electron chi connectivity index (χ2n) is 4.71. The van der Waals surface area contributed by atoms with E-state index < -0.39 is 5.82 Å². The average Bonchev–Trinajstić information content (AvgIpc) is 2.86. The van der Waals surface area contributed by atoms with Crippen LogP contribution in [-0.4, -0.2) is 16.8 Å². The molecule has 0 fully saturated rings. The van der Waals surface area contributed by atoms with Crippen LogP contribution in [0.4, 0.5) is 15.2 Å². The molecule has 116 valence electrons. The van der Waals surface area contributed by atoms with Gasteiger partial charge in [-0.25, -0.2) is 9.37 Å². The summed E-state index contributed by atoms with van der Waals surface area (Å²) in [5.41, 5.74) is 1.16. The van der Waals surface area contributed by atoms with Crippen molar-refractivity contribution in [2.75, 3.05) is 10.6 Å². The Morgan fingerprint density at radius 1 is 1.32 bits per heavy atom. The molecule has 2 amide bonds. The van der Waals surface area contributed by atoms with Crippen molar-refractivity contribution >= 4 is 34.0 Å². The highest BCUT2D eigenvalue weighted by Gasteiger charge is 2.12. The van der Waals surface area contributed by atoms with Crippen LogP contribution in [0.25, 0.3) is 11.3 Å². The van der Waals surface area contributed by atoms with E-state index in [9.17, 15) is 14.0 Å². The standard InChI is InChI=1S/C15H16FN3O2S/c1-3-4-14(21)19-15-18-13(8-22-15)11-6-5-10(7-12(11)16)17-9(2)20/h5-8H,3-4H2,1-2H3,(H,17,20)(H,18,19,21). The molecule has 0 saturated carbocycles. The molecule has 0 aliphatic rings. The maximum absolute atomic E-state index is 14.1. The van der Waals surface area contributed by atoms with Gasteiger partial charge in [0, 0.05) is 30.0 Å². The predicted molar refractivity (Wildman–Crippen MR) is 85.3 cm³/mol. The number of carbonyl (C=O) groups is 2. The van der Waals surface area contributed by atoms with Crippen LogP contribution in [0.3, 0.4) is 0 Å². The van der Waals surface area contributed by atoms with Gasteiger partial charge in [0.25, 0.3) is 0 Å². The number of benzene rings is 1. The molecule has 0 spiro atoms. The largest absolute Gasteiger partial charge is 0.326 e. The number of nitrogens with zero attached hydrogens (tertiary/aromatic N) is 1. The van der Waals surface area contributed by atoms with Crippen LogP contribution in [0, 0.1) is 5.82 Å². The van der Waals surface area contributed by atoms with Crippen molar-refractivity contribution in [2.45, 2.75) is 26.7 Å². The van der Waals surface area contributed by atoms with Crippen molar-refractivity contribution in [1.29, 1.82) is 0 Å². The fourth-order valence-electron chi connectivity index (χ4n) is 1.87. The van der Waals surface area contributed by atoms with Gasteiger partial charge in [-0.15, -0.1) is 11.3 Å². The second-order valence-corrected chi connectivity index (χ2v) is 5.57. The van der Waals surface area contributed by atoms with Crippen LogP contribution in [0.2, 0.25) is 0 Å². The molecule has 2 N–H and O–H groups in total. The van der Waals surface area contributed by atoms with Crippen molar-refractivity contribution in [1.82, 2.24) is 4.98 Å². The van der Waals surface area contributed by atoms with E-state index in [1.807, 2.05) is 6.92 Å². The number of thiazole rings is 1. The first-order chi connectivity index (χ1) is 10.5. The highest BCUT2D eigenvalue weighted by atomic mass is 32.1. The lowest BCUT2D eigenvalue weighted by molar-refractivity contribution is -0.116. The topological polar surface area (TPSA) is 71.1 Å². The molecule has 0 atom stereocenters. The monoisotopic (exact) mass is 321 g/mol. The maximum Gasteiger partial charge on any atom is 0.226 e. The van der Waals surface area contributed by atoms with Gasteiger partial charge in [0.05, 0.1) is 5.69 Å². The van der Waals surface area contributed by atoms with Crippen LogP contribution < -0.4 is 10.6 Å². The summed E-state index contributed by atoms with van der Waals surface area (Å²) in [6.07, 6.45) is 1.18. The summed E-state index contributed by atoms with van der Waals surface area (Å²) in [5, 5.41) is 7.32. The quantitative estimate of drug-likeness (QED) is 0.883. The molecule has 1 heterocycles. The summed E-state index contributed by atoms with van der Waals surface area (Å²) in [4.78, 5) is 26.7. The first kappa shape index (κ1) is 16.1. The van der Waals surface area contributed by atoms with Gasteiger partial charge in [0.15, 0.2) is 5.13 Å². The fraction of sp³-hybridized carbons (Fsp3) is 0.267. The molecule has 22 heavy (non-hydrogen) atoms. The molecule has 5 nitrogen and oxygen atoms in total. The van der Waals surface area contributed by atoms with Gasteiger partial charge in [0.2, 0.25) is 11.8 Å². The number of aromatic nitrogens is 1. The predicted octanol–water partition coefficient (Wildman–Crippen LogP) is 3.65. The molecule has 2 rings (SSSR count). The molecule has 0 saturated heterocycles. The minimum Gasteiger partial charge on any atom is -0.326 e. The average molecular weight is 321 g/mol. The first-order valence-corrected chi connectivity index (χ1v) is 7.70. The number of rotatable bonds is 5. The minimum absolute atomic E-state index is 0.107. The smallest absolute Gasteiger partial charge is 0.226 e. The lowest BCUT2D eigenvalue weighted by atomic mass is 10.1. The zero-order valence-electron chi connectivity index (χ0n) is 12.3. The zero-order valence-corrected chi connectivity index (χ0v) is 13.1. The number of nitrogens with one attached hydrogen (secondary N) is 2. The Hall–Kier alpha value is -2.28. The molecule has 0 radical (unpaired) electrons.